The molecule has 7 heteroatoms. The van der Waals surface area contributed by atoms with E-state index in [0.717, 1.165) is 39.6 Å². The standard InChI is InChI=1S/C19H24N6S/c1-6-25-18(14-7-9-20-10-8-14)23-24-19(25)26-16-11-15(12(2)3)21-17(22-16)13(4)5/h7-13H,6H2,1-5H3. The van der Waals surface area contributed by atoms with Crippen LogP contribution in [-0.2, 0) is 6.54 Å². The number of aromatic nitrogens is 6. The molecule has 0 spiro atoms. The summed E-state index contributed by atoms with van der Waals surface area (Å²) in [6.07, 6.45) is 3.54. The van der Waals surface area contributed by atoms with Crippen LogP contribution in [0.25, 0.3) is 11.4 Å². The molecule has 3 aromatic rings. The molecule has 0 saturated carbocycles. The summed E-state index contributed by atoms with van der Waals surface area (Å²) in [5.74, 6) is 2.35. The average Bonchev–Trinajstić information content (AvgIpc) is 3.04. The Kier molecular flexibility index (Phi) is 5.66. The third-order valence-corrected chi connectivity index (χ3v) is 4.92. The summed E-state index contributed by atoms with van der Waals surface area (Å²) >= 11 is 1.54. The van der Waals surface area contributed by atoms with Gasteiger partial charge in [-0.2, -0.15) is 0 Å². The van der Waals surface area contributed by atoms with Crippen molar-refractivity contribution in [2.24, 2.45) is 0 Å². The van der Waals surface area contributed by atoms with Gasteiger partial charge in [0.15, 0.2) is 11.0 Å². The van der Waals surface area contributed by atoms with Crippen molar-refractivity contribution < 1.29 is 0 Å². The number of rotatable bonds is 6. The maximum absolute atomic E-state index is 4.73. The van der Waals surface area contributed by atoms with Crippen LogP contribution in [-0.4, -0.2) is 29.7 Å². The summed E-state index contributed by atoms with van der Waals surface area (Å²) in [5, 5.41) is 10.5. The lowest BCUT2D eigenvalue weighted by Gasteiger charge is -2.12. The molecule has 0 fully saturated rings. The van der Waals surface area contributed by atoms with Crippen LogP contribution in [0.2, 0.25) is 0 Å². The lowest BCUT2D eigenvalue weighted by atomic mass is 10.1. The highest BCUT2D eigenvalue weighted by atomic mass is 32.2. The molecule has 0 aliphatic heterocycles. The van der Waals surface area contributed by atoms with Crippen LogP contribution < -0.4 is 0 Å². The quantitative estimate of drug-likeness (QED) is 0.595. The zero-order valence-electron chi connectivity index (χ0n) is 15.8. The number of pyridine rings is 1. The lowest BCUT2D eigenvalue weighted by Crippen LogP contribution is -2.05. The van der Waals surface area contributed by atoms with Gasteiger partial charge in [0.2, 0.25) is 0 Å². The SMILES string of the molecule is CCn1c(Sc2cc(C(C)C)nc(C(C)C)n2)nnc1-c1ccncc1. The van der Waals surface area contributed by atoms with E-state index in [1.165, 1.54) is 0 Å². The van der Waals surface area contributed by atoms with Crippen molar-refractivity contribution in [3.8, 4) is 11.4 Å². The van der Waals surface area contributed by atoms with Gasteiger partial charge in [0.05, 0.1) is 0 Å². The minimum Gasteiger partial charge on any atom is -0.302 e. The number of hydrogen-bond acceptors (Lipinski definition) is 6. The van der Waals surface area contributed by atoms with Gasteiger partial charge in [-0.25, -0.2) is 9.97 Å². The van der Waals surface area contributed by atoms with E-state index in [0.29, 0.717) is 5.92 Å². The molecular formula is C19H24N6S. The molecule has 136 valence electrons. The molecule has 0 aromatic carbocycles. The van der Waals surface area contributed by atoms with E-state index in [4.69, 9.17) is 9.97 Å². The second kappa shape index (κ2) is 7.95. The van der Waals surface area contributed by atoms with Crippen molar-refractivity contribution in [1.82, 2.24) is 29.7 Å². The Labute approximate surface area is 158 Å². The van der Waals surface area contributed by atoms with E-state index in [-0.39, 0.29) is 5.92 Å². The summed E-state index contributed by atoms with van der Waals surface area (Å²) in [7, 11) is 0. The molecule has 0 bridgehead atoms. The minimum atomic E-state index is 0.282. The maximum Gasteiger partial charge on any atom is 0.197 e. The smallest absolute Gasteiger partial charge is 0.197 e. The maximum atomic E-state index is 4.73. The molecule has 0 unspecified atom stereocenters. The number of hydrogen-bond donors (Lipinski definition) is 0. The van der Waals surface area contributed by atoms with Crippen molar-refractivity contribution in [1.29, 1.82) is 0 Å². The van der Waals surface area contributed by atoms with Crippen LogP contribution >= 0.6 is 11.8 Å². The Morgan fingerprint density at radius 3 is 2.35 bits per heavy atom. The monoisotopic (exact) mass is 368 g/mol. The van der Waals surface area contributed by atoms with Crippen molar-refractivity contribution in [3.63, 3.8) is 0 Å². The molecule has 26 heavy (non-hydrogen) atoms. The summed E-state index contributed by atoms with van der Waals surface area (Å²) in [5.41, 5.74) is 2.07. The largest absolute Gasteiger partial charge is 0.302 e. The topological polar surface area (TPSA) is 69.4 Å². The molecule has 3 rings (SSSR count). The van der Waals surface area contributed by atoms with E-state index < -0.39 is 0 Å². The average molecular weight is 369 g/mol. The highest BCUT2D eigenvalue weighted by molar-refractivity contribution is 7.99. The predicted molar refractivity (Wildman–Crippen MR) is 103 cm³/mol. The van der Waals surface area contributed by atoms with Gasteiger partial charge in [-0.05, 0) is 42.8 Å². The van der Waals surface area contributed by atoms with Gasteiger partial charge < -0.3 is 4.57 Å². The molecule has 0 amide bonds. The zero-order valence-corrected chi connectivity index (χ0v) is 16.7. The molecule has 0 aliphatic rings. The van der Waals surface area contributed by atoms with Gasteiger partial charge in [0.25, 0.3) is 0 Å². The zero-order chi connectivity index (χ0) is 18.7. The first kappa shape index (κ1) is 18.5. The Bertz CT molecular complexity index is 847. The van der Waals surface area contributed by atoms with Crippen LogP contribution in [0.3, 0.4) is 0 Å². The molecule has 0 saturated heterocycles. The van der Waals surface area contributed by atoms with Gasteiger partial charge in [0.1, 0.15) is 10.9 Å². The lowest BCUT2D eigenvalue weighted by molar-refractivity contribution is 0.682. The summed E-state index contributed by atoms with van der Waals surface area (Å²) in [6, 6.07) is 5.95. The molecule has 6 nitrogen and oxygen atoms in total. The first-order chi connectivity index (χ1) is 12.5. The van der Waals surface area contributed by atoms with Crippen molar-refractivity contribution in [3.05, 3.63) is 42.1 Å². The summed E-state index contributed by atoms with van der Waals surface area (Å²) in [6.45, 7) is 11.4. The van der Waals surface area contributed by atoms with Crippen LogP contribution in [0.4, 0.5) is 0 Å². The first-order valence-electron chi connectivity index (χ1n) is 8.89. The molecule has 0 aliphatic carbocycles. The van der Waals surface area contributed by atoms with Crippen molar-refractivity contribution >= 4 is 11.8 Å². The van der Waals surface area contributed by atoms with Crippen LogP contribution in [0.1, 0.15) is 58.0 Å². The Morgan fingerprint density at radius 2 is 1.73 bits per heavy atom. The molecular weight excluding hydrogens is 344 g/mol. The normalized spacial score (nSPS) is 11.5. The minimum absolute atomic E-state index is 0.282. The van der Waals surface area contributed by atoms with E-state index in [9.17, 15) is 0 Å². The highest BCUT2D eigenvalue weighted by Gasteiger charge is 2.17. The third-order valence-electron chi connectivity index (χ3n) is 4.02. The Morgan fingerprint density at radius 1 is 1.00 bits per heavy atom. The second-order valence-electron chi connectivity index (χ2n) is 6.69. The van der Waals surface area contributed by atoms with Crippen molar-refractivity contribution in [2.75, 3.05) is 0 Å². The Hall–Kier alpha value is -2.28. The fourth-order valence-electron chi connectivity index (χ4n) is 2.52. The van der Waals surface area contributed by atoms with Crippen LogP contribution in [0, 0.1) is 0 Å². The van der Waals surface area contributed by atoms with E-state index >= 15 is 0 Å². The Balaban J connectivity index is 1.98. The summed E-state index contributed by atoms with van der Waals surface area (Å²) in [4.78, 5) is 13.5. The van der Waals surface area contributed by atoms with Crippen LogP contribution in [0.5, 0.6) is 0 Å². The molecule has 3 aromatic heterocycles. The molecule has 0 radical (unpaired) electrons. The van der Waals surface area contributed by atoms with Gasteiger partial charge in [-0.1, -0.05) is 27.7 Å². The van der Waals surface area contributed by atoms with Crippen LogP contribution in [0.15, 0.2) is 40.8 Å². The molecule has 0 N–H and O–H groups in total. The van der Waals surface area contributed by atoms with E-state index in [1.807, 2.05) is 12.1 Å². The van der Waals surface area contributed by atoms with E-state index in [1.54, 1.807) is 24.2 Å². The van der Waals surface area contributed by atoms with Gasteiger partial charge in [-0.15, -0.1) is 10.2 Å². The van der Waals surface area contributed by atoms with E-state index in [2.05, 4.69) is 60.4 Å². The predicted octanol–water partition coefficient (Wildman–Crippen LogP) is 4.55. The fourth-order valence-corrected chi connectivity index (χ4v) is 3.44. The van der Waals surface area contributed by atoms with Gasteiger partial charge in [0, 0.05) is 36.1 Å². The van der Waals surface area contributed by atoms with Gasteiger partial charge >= 0.3 is 0 Å². The number of nitrogens with zero attached hydrogens (tertiary/aromatic N) is 6. The van der Waals surface area contributed by atoms with Gasteiger partial charge in [-0.3, -0.25) is 4.98 Å². The second-order valence-corrected chi connectivity index (χ2v) is 7.67. The van der Waals surface area contributed by atoms with Crippen molar-refractivity contribution in [2.45, 2.75) is 63.2 Å². The third kappa shape index (κ3) is 3.93. The summed E-state index contributed by atoms with van der Waals surface area (Å²) < 4.78 is 2.10. The fraction of sp³-hybridized carbons (Fsp3) is 0.421. The first-order valence-corrected chi connectivity index (χ1v) is 9.71. The molecule has 3 heterocycles. The molecule has 0 atom stereocenters. The highest BCUT2D eigenvalue weighted by Crippen LogP contribution is 2.30.